The van der Waals surface area contributed by atoms with Crippen molar-refractivity contribution in [1.82, 2.24) is 14.5 Å². The molecule has 0 aromatic carbocycles. The molecule has 0 saturated heterocycles. The van der Waals surface area contributed by atoms with E-state index in [0.717, 1.165) is 17.4 Å². The molecule has 16 heavy (non-hydrogen) atoms. The van der Waals surface area contributed by atoms with Crippen LogP contribution in [0.5, 0.6) is 0 Å². The van der Waals surface area contributed by atoms with Crippen LogP contribution >= 0.6 is 11.3 Å². The fourth-order valence-electron chi connectivity index (χ4n) is 1.52. The molecule has 2 aromatic heterocycles. The summed E-state index contributed by atoms with van der Waals surface area (Å²) in [4.78, 5) is 20.2. The molecule has 84 valence electrons. The summed E-state index contributed by atoms with van der Waals surface area (Å²) in [5.41, 5.74) is 0.549. The van der Waals surface area contributed by atoms with Crippen LogP contribution in [0.15, 0.2) is 17.8 Å². The van der Waals surface area contributed by atoms with Crippen molar-refractivity contribution in [2.45, 2.75) is 26.8 Å². The maximum atomic E-state index is 11.9. The first kappa shape index (κ1) is 11.0. The Morgan fingerprint density at radius 1 is 1.56 bits per heavy atom. The molecule has 0 aliphatic rings. The maximum Gasteiger partial charge on any atom is 0.189 e. The first-order valence-electron chi connectivity index (χ1n) is 5.16. The minimum atomic E-state index is 0.0326. The fraction of sp³-hybridized carbons (Fsp3) is 0.364. The van der Waals surface area contributed by atoms with Crippen LogP contribution in [0.1, 0.15) is 28.2 Å². The molecule has 0 aliphatic heterocycles. The number of hydrogen-bond acceptors (Lipinski definition) is 4. The van der Waals surface area contributed by atoms with Gasteiger partial charge in [-0.1, -0.05) is 0 Å². The monoisotopic (exact) mass is 235 g/mol. The third-order valence-corrected chi connectivity index (χ3v) is 3.14. The first-order valence-corrected chi connectivity index (χ1v) is 6.04. The second-order valence-electron chi connectivity index (χ2n) is 3.48. The SMILES string of the molecule is CCn1ccnc1CC(=O)c1csc(C)n1. The molecule has 5 heteroatoms. The minimum Gasteiger partial charge on any atom is -0.335 e. The summed E-state index contributed by atoms with van der Waals surface area (Å²) in [5, 5.41) is 2.72. The Morgan fingerprint density at radius 3 is 3.00 bits per heavy atom. The summed E-state index contributed by atoms with van der Waals surface area (Å²) in [6.45, 7) is 4.76. The number of nitrogens with zero attached hydrogens (tertiary/aromatic N) is 3. The van der Waals surface area contributed by atoms with E-state index >= 15 is 0 Å². The quantitative estimate of drug-likeness (QED) is 0.762. The van der Waals surface area contributed by atoms with Crippen molar-refractivity contribution in [1.29, 1.82) is 0 Å². The number of Topliss-reactive ketones (excluding diaryl/α,β-unsaturated/α-hetero) is 1. The topological polar surface area (TPSA) is 47.8 Å². The van der Waals surface area contributed by atoms with Crippen LogP contribution in [0.25, 0.3) is 0 Å². The van der Waals surface area contributed by atoms with E-state index < -0.39 is 0 Å². The van der Waals surface area contributed by atoms with Gasteiger partial charge in [-0.15, -0.1) is 11.3 Å². The molecule has 2 aromatic rings. The molecule has 0 radical (unpaired) electrons. The maximum absolute atomic E-state index is 11.9. The average Bonchev–Trinajstić information content (AvgIpc) is 2.86. The summed E-state index contributed by atoms with van der Waals surface area (Å²) in [7, 11) is 0. The highest BCUT2D eigenvalue weighted by molar-refractivity contribution is 7.09. The average molecular weight is 235 g/mol. The van der Waals surface area contributed by atoms with Crippen LogP contribution in [0.2, 0.25) is 0 Å². The predicted octanol–water partition coefficient (Wildman–Crippen LogP) is 2.09. The van der Waals surface area contributed by atoms with Gasteiger partial charge in [-0.05, 0) is 13.8 Å². The van der Waals surface area contributed by atoms with Crippen molar-refractivity contribution in [3.05, 3.63) is 34.3 Å². The Morgan fingerprint density at radius 2 is 2.38 bits per heavy atom. The number of rotatable bonds is 4. The van der Waals surface area contributed by atoms with Gasteiger partial charge in [0.15, 0.2) is 5.78 Å². The van der Waals surface area contributed by atoms with Gasteiger partial charge in [-0.2, -0.15) is 0 Å². The molecule has 2 heterocycles. The van der Waals surface area contributed by atoms with Crippen molar-refractivity contribution in [2.24, 2.45) is 0 Å². The largest absolute Gasteiger partial charge is 0.335 e. The predicted molar refractivity (Wildman–Crippen MR) is 62.8 cm³/mol. The van der Waals surface area contributed by atoms with E-state index in [4.69, 9.17) is 0 Å². The number of imidazole rings is 1. The highest BCUT2D eigenvalue weighted by Crippen LogP contribution is 2.11. The number of ketones is 1. The van der Waals surface area contributed by atoms with E-state index in [-0.39, 0.29) is 5.78 Å². The summed E-state index contributed by atoms with van der Waals surface area (Å²) in [5.74, 6) is 0.836. The standard InChI is InChI=1S/C11H13N3OS/c1-3-14-5-4-12-11(14)6-10(15)9-7-16-8(2)13-9/h4-5,7H,3,6H2,1-2H3. The third kappa shape index (κ3) is 2.19. The number of carbonyl (C=O) groups excluding carboxylic acids is 1. The van der Waals surface area contributed by atoms with E-state index in [1.165, 1.54) is 11.3 Å². The molecule has 0 N–H and O–H groups in total. The van der Waals surface area contributed by atoms with Gasteiger partial charge >= 0.3 is 0 Å². The van der Waals surface area contributed by atoms with Crippen LogP contribution in [-0.4, -0.2) is 20.3 Å². The molecule has 0 aliphatic carbocycles. The smallest absolute Gasteiger partial charge is 0.189 e. The molecule has 2 rings (SSSR count). The Kier molecular flexibility index (Phi) is 3.14. The second-order valence-corrected chi connectivity index (χ2v) is 4.54. The van der Waals surface area contributed by atoms with Crippen LogP contribution in [0.4, 0.5) is 0 Å². The summed E-state index contributed by atoms with van der Waals surface area (Å²) in [6, 6.07) is 0. The Balaban J connectivity index is 2.13. The normalized spacial score (nSPS) is 10.6. The van der Waals surface area contributed by atoms with E-state index in [9.17, 15) is 4.79 Å². The van der Waals surface area contributed by atoms with Crippen molar-refractivity contribution in [2.75, 3.05) is 0 Å². The minimum absolute atomic E-state index is 0.0326. The lowest BCUT2D eigenvalue weighted by Gasteiger charge is -2.02. The van der Waals surface area contributed by atoms with Crippen LogP contribution < -0.4 is 0 Å². The molecule has 0 bridgehead atoms. The molecule has 0 spiro atoms. The van der Waals surface area contributed by atoms with Crippen molar-refractivity contribution >= 4 is 17.1 Å². The molecule has 4 nitrogen and oxygen atoms in total. The zero-order valence-corrected chi connectivity index (χ0v) is 10.1. The van der Waals surface area contributed by atoms with E-state index in [2.05, 4.69) is 9.97 Å². The van der Waals surface area contributed by atoms with Gasteiger partial charge < -0.3 is 4.57 Å². The zero-order valence-electron chi connectivity index (χ0n) is 9.30. The Bertz CT molecular complexity index is 501. The number of carbonyl (C=O) groups is 1. The lowest BCUT2D eigenvalue weighted by molar-refractivity contribution is 0.0985. The number of aromatic nitrogens is 3. The number of aryl methyl sites for hydroxylation is 2. The molecule has 0 atom stereocenters. The zero-order chi connectivity index (χ0) is 11.5. The van der Waals surface area contributed by atoms with Crippen LogP contribution in [-0.2, 0) is 13.0 Å². The van der Waals surface area contributed by atoms with Crippen molar-refractivity contribution < 1.29 is 4.79 Å². The summed E-state index contributed by atoms with van der Waals surface area (Å²) < 4.78 is 1.97. The van der Waals surface area contributed by atoms with E-state index in [0.29, 0.717) is 12.1 Å². The van der Waals surface area contributed by atoms with Crippen LogP contribution in [0.3, 0.4) is 0 Å². The third-order valence-electron chi connectivity index (χ3n) is 2.37. The Hall–Kier alpha value is -1.49. The summed E-state index contributed by atoms with van der Waals surface area (Å²) in [6.07, 6.45) is 3.93. The second kappa shape index (κ2) is 4.57. The van der Waals surface area contributed by atoms with E-state index in [1.807, 2.05) is 24.6 Å². The van der Waals surface area contributed by atoms with E-state index in [1.54, 1.807) is 11.6 Å². The van der Waals surface area contributed by atoms with Gasteiger partial charge in [-0.25, -0.2) is 9.97 Å². The molecule has 0 saturated carbocycles. The van der Waals surface area contributed by atoms with Crippen molar-refractivity contribution in [3.63, 3.8) is 0 Å². The van der Waals surface area contributed by atoms with Gasteiger partial charge in [0, 0.05) is 24.3 Å². The molecule has 0 fully saturated rings. The number of thiazole rings is 1. The first-order chi connectivity index (χ1) is 7.70. The van der Waals surface area contributed by atoms with Crippen molar-refractivity contribution in [3.8, 4) is 0 Å². The fourth-order valence-corrected chi connectivity index (χ4v) is 2.14. The molecule has 0 unspecified atom stereocenters. The van der Waals surface area contributed by atoms with Gasteiger partial charge in [0.2, 0.25) is 0 Å². The molecular formula is C11H13N3OS. The van der Waals surface area contributed by atoms with Gasteiger partial charge in [-0.3, -0.25) is 4.79 Å². The van der Waals surface area contributed by atoms with Gasteiger partial charge in [0.05, 0.1) is 11.4 Å². The lowest BCUT2D eigenvalue weighted by Crippen LogP contribution is -2.09. The van der Waals surface area contributed by atoms with Gasteiger partial charge in [0.25, 0.3) is 0 Å². The highest BCUT2D eigenvalue weighted by atomic mass is 32.1. The lowest BCUT2D eigenvalue weighted by atomic mass is 10.2. The molecular weight excluding hydrogens is 222 g/mol. The highest BCUT2D eigenvalue weighted by Gasteiger charge is 2.13. The Labute approximate surface area is 98.0 Å². The number of hydrogen-bond donors (Lipinski definition) is 0. The van der Waals surface area contributed by atoms with Gasteiger partial charge in [0.1, 0.15) is 11.5 Å². The summed E-state index contributed by atoms with van der Waals surface area (Å²) >= 11 is 1.50. The molecule has 0 amide bonds. The van der Waals surface area contributed by atoms with Crippen LogP contribution in [0, 0.1) is 6.92 Å².